The van der Waals surface area contributed by atoms with Crippen molar-refractivity contribution in [3.8, 4) is 0 Å². The minimum Gasteiger partial charge on any atom is -0.439 e. The first kappa shape index (κ1) is 9.89. The Labute approximate surface area is 85.0 Å². The number of alkyl carbamates (subject to hydrolysis) is 1. The van der Waals surface area contributed by atoms with Gasteiger partial charge in [0.2, 0.25) is 0 Å². The number of hydrogen-bond donors (Lipinski definition) is 1. The largest absolute Gasteiger partial charge is 0.439 e. The summed E-state index contributed by atoms with van der Waals surface area (Å²) in [5, 5.41) is 2.35. The van der Waals surface area contributed by atoms with Gasteiger partial charge in [-0.25, -0.2) is 13.6 Å². The Morgan fingerprint density at radius 3 is 2.80 bits per heavy atom. The SMILES string of the molecule is Cc1ccc(F)c(C2CNC(=O)O2)c1F. The van der Waals surface area contributed by atoms with Crippen molar-refractivity contribution >= 4 is 6.09 Å². The van der Waals surface area contributed by atoms with Gasteiger partial charge in [0.05, 0.1) is 12.1 Å². The van der Waals surface area contributed by atoms with Crippen LogP contribution in [-0.2, 0) is 4.74 Å². The highest BCUT2D eigenvalue weighted by Crippen LogP contribution is 2.27. The fourth-order valence-electron chi connectivity index (χ4n) is 1.52. The fourth-order valence-corrected chi connectivity index (χ4v) is 1.52. The number of nitrogens with one attached hydrogen (secondary N) is 1. The number of ether oxygens (including phenoxy) is 1. The zero-order valence-corrected chi connectivity index (χ0v) is 8.01. The van der Waals surface area contributed by atoms with Gasteiger partial charge in [0, 0.05) is 0 Å². The molecule has 0 bridgehead atoms. The Hall–Kier alpha value is -1.65. The molecule has 1 saturated heterocycles. The van der Waals surface area contributed by atoms with Crippen LogP contribution in [0.25, 0.3) is 0 Å². The van der Waals surface area contributed by atoms with Gasteiger partial charge in [0.15, 0.2) is 6.10 Å². The molecule has 1 amide bonds. The first-order valence-electron chi connectivity index (χ1n) is 4.48. The summed E-state index contributed by atoms with van der Waals surface area (Å²) in [5.74, 6) is -1.35. The first-order valence-corrected chi connectivity index (χ1v) is 4.48. The van der Waals surface area contributed by atoms with Gasteiger partial charge in [0.25, 0.3) is 0 Å². The molecule has 1 aliphatic rings. The summed E-state index contributed by atoms with van der Waals surface area (Å²) in [6.45, 7) is 1.62. The summed E-state index contributed by atoms with van der Waals surface area (Å²) in [4.78, 5) is 10.8. The number of aryl methyl sites for hydroxylation is 1. The number of rotatable bonds is 1. The quantitative estimate of drug-likeness (QED) is 0.775. The van der Waals surface area contributed by atoms with Crippen molar-refractivity contribution in [2.75, 3.05) is 6.54 Å². The van der Waals surface area contributed by atoms with Crippen molar-refractivity contribution in [2.24, 2.45) is 0 Å². The molecule has 80 valence electrons. The molecule has 0 aliphatic carbocycles. The molecule has 1 fully saturated rings. The van der Waals surface area contributed by atoms with Crippen LogP contribution in [0.4, 0.5) is 13.6 Å². The molecule has 3 nitrogen and oxygen atoms in total. The van der Waals surface area contributed by atoms with Crippen LogP contribution in [0.5, 0.6) is 0 Å². The average Bonchev–Trinajstić information content (AvgIpc) is 2.59. The highest BCUT2D eigenvalue weighted by Gasteiger charge is 2.29. The summed E-state index contributed by atoms with van der Waals surface area (Å²) in [6.07, 6.45) is -1.53. The third kappa shape index (κ3) is 1.65. The summed E-state index contributed by atoms with van der Waals surface area (Å²) < 4.78 is 31.7. The summed E-state index contributed by atoms with van der Waals surface area (Å²) in [6, 6.07) is 2.51. The summed E-state index contributed by atoms with van der Waals surface area (Å²) >= 11 is 0. The van der Waals surface area contributed by atoms with Crippen LogP contribution in [0.3, 0.4) is 0 Å². The third-order valence-corrected chi connectivity index (χ3v) is 2.32. The van der Waals surface area contributed by atoms with E-state index in [1.807, 2.05) is 0 Å². The highest BCUT2D eigenvalue weighted by atomic mass is 19.1. The molecule has 1 aliphatic heterocycles. The molecule has 0 saturated carbocycles. The molecule has 1 aromatic carbocycles. The molecular weight excluding hydrogens is 204 g/mol. The van der Waals surface area contributed by atoms with Gasteiger partial charge in [-0.15, -0.1) is 0 Å². The third-order valence-electron chi connectivity index (χ3n) is 2.32. The van der Waals surface area contributed by atoms with Crippen molar-refractivity contribution < 1.29 is 18.3 Å². The lowest BCUT2D eigenvalue weighted by Gasteiger charge is -2.11. The predicted octanol–water partition coefficient (Wildman–Crippen LogP) is 2.05. The van der Waals surface area contributed by atoms with Crippen LogP contribution < -0.4 is 5.32 Å². The van der Waals surface area contributed by atoms with E-state index < -0.39 is 23.8 Å². The van der Waals surface area contributed by atoms with E-state index in [9.17, 15) is 13.6 Å². The topological polar surface area (TPSA) is 38.3 Å². The number of benzene rings is 1. The molecule has 1 unspecified atom stereocenters. The van der Waals surface area contributed by atoms with Gasteiger partial charge in [-0.3, -0.25) is 0 Å². The zero-order valence-electron chi connectivity index (χ0n) is 8.01. The molecule has 0 radical (unpaired) electrons. The van der Waals surface area contributed by atoms with Crippen LogP contribution in [0, 0.1) is 18.6 Å². The zero-order chi connectivity index (χ0) is 11.0. The van der Waals surface area contributed by atoms with E-state index in [0.717, 1.165) is 0 Å². The van der Waals surface area contributed by atoms with E-state index in [1.54, 1.807) is 0 Å². The Bertz CT molecular complexity index is 420. The van der Waals surface area contributed by atoms with Crippen molar-refractivity contribution in [3.63, 3.8) is 0 Å². The van der Waals surface area contributed by atoms with Crippen LogP contribution in [0.1, 0.15) is 17.2 Å². The Morgan fingerprint density at radius 2 is 2.20 bits per heavy atom. The maximum atomic E-state index is 13.6. The maximum Gasteiger partial charge on any atom is 0.407 e. The van der Waals surface area contributed by atoms with Crippen LogP contribution in [0.2, 0.25) is 0 Å². The number of amides is 1. The number of carbonyl (C=O) groups excluding carboxylic acids is 1. The molecular formula is C10H9F2NO2. The van der Waals surface area contributed by atoms with Gasteiger partial charge in [-0.1, -0.05) is 6.07 Å². The van der Waals surface area contributed by atoms with E-state index in [-0.39, 0.29) is 12.1 Å². The lowest BCUT2D eigenvalue weighted by Crippen LogP contribution is -2.13. The number of hydrogen-bond acceptors (Lipinski definition) is 2. The maximum absolute atomic E-state index is 13.6. The molecule has 1 atom stereocenters. The molecule has 0 spiro atoms. The van der Waals surface area contributed by atoms with E-state index in [0.29, 0.717) is 5.56 Å². The van der Waals surface area contributed by atoms with Crippen molar-refractivity contribution in [2.45, 2.75) is 13.0 Å². The second-order valence-corrected chi connectivity index (χ2v) is 3.37. The highest BCUT2D eigenvalue weighted by molar-refractivity contribution is 5.69. The van der Waals surface area contributed by atoms with Gasteiger partial charge in [-0.2, -0.15) is 0 Å². The van der Waals surface area contributed by atoms with Gasteiger partial charge in [-0.05, 0) is 18.6 Å². The van der Waals surface area contributed by atoms with E-state index in [2.05, 4.69) is 5.32 Å². The molecule has 1 aromatic rings. The monoisotopic (exact) mass is 213 g/mol. The van der Waals surface area contributed by atoms with Gasteiger partial charge in [0.1, 0.15) is 11.6 Å². The smallest absolute Gasteiger partial charge is 0.407 e. The van der Waals surface area contributed by atoms with Crippen molar-refractivity contribution in [1.29, 1.82) is 0 Å². The van der Waals surface area contributed by atoms with Gasteiger partial charge >= 0.3 is 6.09 Å². The predicted molar refractivity (Wildman–Crippen MR) is 48.3 cm³/mol. The normalized spacial score (nSPS) is 19.9. The number of halogens is 2. The number of cyclic esters (lactones) is 1. The molecule has 1 N–H and O–H groups in total. The fraction of sp³-hybridized carbons (Fsp3) is 0.300. The van der Waals surface area contributed by atoms with Gasteiger partial charge < -0.3 is 10.1 Å². The second kappa shape index (κ2) is 3.49. The lowest BCUT2D eigenvalue weighted by atomic mass is 10.0. The molecule has 1 heterocycles. The van der Waals surface area contributed by atoms with Crippen LogP contribution in [0.15, 0.2) is 12.1 Å². The summed E-state index contributed by atoms with van der Waals surface area (Å²) in [7, 11) is 0. The minimum absolute atomic E-state index is 0.0934. The van der Waals surface area contributed by atoms with E-state index in [1.165, 1.54) is 19.1 Å². The average molecular weight is 213 g/mol. The molecule has 15 heavy (non-hydrogen) atoms. The summed E-state index contributed by atoms with van der Waals surface area (Å²) in [5.41, 5.74) is 0.141. The van der Waals surface area contributed by atoms with E-state index in [4.69, 9.17) is 4.74 Å². The lowest BCUT2D eigenvalue weighted by molar-refractivity contribution is 0.137. The Kier molecular flexibility index (Phi) is 2.30. The minimum atomic E-state index is -0.877. The van der Waals surface area contributed by atoms with Crippen molar-refractivity contribution in [3.05, 3.63) is 34.9 Å². The van der Waals surface area contributed by atoms with E-state index >= 15 is 0 Å². The molecule has 0 aromatic heterocycles. The molecule has 2 rings (SSSR count). The number of carbonyl (C=O) groups is 1. The van der Waals surface area contributed by atoms with Crippen molar-refractivity contribution in [1.82, 2.24) is 5.32 Å². The van der Waals surface area contributed by atoms with Crippen LogP contribution >= 0.6 is 0 Å². The Morgan fingerprint density at radius 1 is 1.47 bits per heavy atom. The second-order valence-electron chi connectivity index (χ2n) is 3.37. The first-order chi connectivity index (χ1) is 7.09. The van der Waals surface area contributed by atoms with Crippen LogP contribution in [-0.4, -0.2) is 12.6 Å². The molecule has 5 heteroatoms. The standard InChI is InChI=1S/C10H9F2NO2/c1-5-2-3-6(11)8(9(5)12)7-4-13-10(14)15-7/h2-3,7H,4H2,1H3,(H,13,14). The Balaban J connectivity index is 2.43.